The second kappa shape index (κ2) is 6.18. The molecule has 90 valence electrons. The fourth-order valence-electron chi connectivity index (χ4n) is 1.35. The van der Waals surface area contributed by atoms with E-state index in [0.717, 1.165) is 0 Å². The Kier molecular flexibility index (Phi) is 5.18. The Labute approximate surface area is 102 Å². The summed E-state index contributed by atoms with van der Waals surface area (Å²) in [4.78, 5) is 0. The van der Waals surface area contributed by atoms with Crippen molar-refractivity contribution >= 4 is 15.9 Å². The summed E-state index contributed by atoms with van der Waals surface area (Å²) in [6, 6.07) is 4.02. The molecule has 0 bridgehead atoms. The number of hydrogen-bond acceptors (Lipinski definition) is 3. The molecular formula is C11H14BrFO3. The molecule has 0 spiro atoms. The molecule has 0 saturated carbocycles. The molecule has 1 aromatic carbocycles. The first-order valence-corrected chi connectivity index (χ1v) is 5.97. The van der Waals surface area contributed by atoms with Crippen molar-refractivity contribution in [3.63, 3.8) is 0 Å². The Morgan fingerprint density at radius 2 is 2.12 bits per heavy atom. The molecule has 0 saturated heterocycles. The third-order valence-corrected chi connectivity index (χ3v) is 2.74. The molecule has 0 aliphatic heterocycles. The SMILES string of the molecule is COc1cc(C(O)C(O)CCBr)ccc1F. The second-order valence-corrected chi connectivity index (χ2v) is 4.18. The average molecular weight is 293 g/mol. The van der Waals surface area contributed by atoms with E-state index in [9.17, 15) is 14.6 Å². The van der Waals surface area contributed by atoms with Crippen LogP contribution < -0.4 is 4.74 Å². The van der Waals surface area contributed by atoms with Crippen LogP contribution >= 0.6 is 15.9 Å². The van der Waals surface area contributed by atoms with Gasteiger partial charge in [0.15, 0.2) is 11.6 Å². The molecule has 0 aliphatic carbocycles. The lowest BCUT2D eigenvalue weighted by molar-refractivity contribution is 0.0172. The van der Waals surface area contributed by atoms with Crippen LogP contribution in [0.25, 0.3) is 0 Å². The maximum Gasteiger partial charge on any atom is 0.165 e. The van der Waals surface area contributed by atoms with Crippen LogP contribution in [0.5, 0.6) is 5.75 Å². The molecular weight excluding hydrogens is 279 g/mol. The molecule has 2 atom stereocenters. The van der Waals surface area contributed by atoms with Crippen molar-refractivity contribution in [2.24, 2.45) is 0 Å². The lowest BCUT2D eigenvalue weighted by Crippen LogP contribution is -2.18. The van der Waals surface area contributed by atoms with E-state index in [1.807, 2.05) is 0 Å². The largest absolute Gasteiger partial charge is 0.494 e. The highest BCUT2D eigenvalue weighted by atomic mass is 79.9. The number of benzene rings is 1. The van der Waals surface area contributed by atoms with Crippen molar-refractivity contribution in [1.82, 2.24) is 0 Å². The van der Waals surface area contributed by atoms with Crippen molar-refractivity contribution in [1.29, 1.82) is 0 Å². The smallest absolute Gasteiger partial charge is 0.165 e. The molecule has 2 N–H and O–H groups in total. The first kappa shape index (κ1) is 13.4. The van der Waals surface area contributed by atoms with Gasteiger partial charge in [0.1, 0.15) is 6.10 Å². The molecule has 3 nitrogen and oxygen atoms in total. The normalized spacial score (nSPS) is 14.6. The predicted molar refractivity (Wildman–Crippen MR) is 62.3 cm³/mol. The van der Waals surface area contributed by atoms with Gasteiger partial charge in [-0.3, -0.25) is 0 Å². The highest BCUT2D eigenvalue weighted by Gasteiger charge is 2.19. The summed E-state index contributed by atoms with van der Waals surface area (Å²) in [5.41, 5.74) is 0.437. The summed E-state index contributed by atoms with van der Waals surface area (Å²) >= 11 is 3.17. The van der Waals surface area contributed by atoms with Gasteiger partial charge in [0.25, 0.3) is 0 Å². The molecule has 0 heterocycles. The van der Waals surface area contributed by atoms with Crippen LogP contribution in [0.4, 0.5) is 4.39 Å². The fourth-order valence-corrected chi connectivity index (χ4v) is 1.82. The molecule has 2 unspecified atom stereocenters. The Bertz CT molecular complexity index is 346. The van der Waals surface area contributed by atoms with Gasteiger partial charge in [0.2, 0.25) is 0 Å². The van der Waals surface area contributed by atoms with Gasteiger partial charge in [0.05, 0.1) is 13.2 Å². The number of aliphatic hydroxyl groups excluding tert-OH is 2. The Morgan fingerprint density at radius 1 is 1.44 bits per heavy atom. The number of aliphatic hydroxyl groups is 2. The van der Waals surface area contributed by atoms with Crippen molar-refractivity contribution in [2.75, 3.05) is 12.4 Å². The Hall–Kier alpha value is -0.650. The second-order valence-electron chi connectivity index (χ2n) is 3.38. The first-order chi connectivity index (χ1) is 7.60. The van der Waals surface area contributed by atoms with Crippen LogP contribution in [0.1, 0.15) is 18.1 Å². The van der Waals surface area contributed by atoms with Crippen LogP contribution in [0.2, 0.25) is 0 Å². The quantitative estimate of drug-likeness (QED) is 0.817. The van der Waals surface area contributed by atoms with Crippen molar-refractivity contribution in [3.8, 4) is 5.75 Å². The van der Waals surface area contributed by atoms with E-state index in [2.05, 4.69) is 15.9 Å². The minimum atomic E-state index is -1.04. The summed E-state index contributed by atoms with van der Waals surface area (Å²) in [6.07, 6.45) is -1.50. The van der Waals surface area contributed by atoms with Crippen molar-refractivity contribution in [3.05, 3.63) is 29.6 Å². The average Bonchev–Trinajstić information content (AvgIpc) is 2.29. The molecule has 1 rings (SSSR count). The standard InChI is InChI=1S/C11H14BrFO3/c1-16-10-6-7(2-3-8(10)13)11(15)9(14)4-5-12/h2-3,6,9,11,14-15H,4-5H2,1H3. The van der Waals surface area contributed by atoms with Crippen LogP contribution in [-0.2, 0) is 0 Å². The minimum absolute atomic E-state index is 0.0580. The van der Waals surface area contributed by atoms with Gasteiger partial charge in [-0.25, -0.2) is 4.39 Å². The maximum absolute atomic E-state index is 13.1. The number of ether oxygens (including phenoxy) is 1. The minimum Gasteiger partial charge on any atom is -0.494 e. The lowest BCUT2D eigenvalue weighted by Gasteiger charge is -2.17. The van der Waals surface area contributed by atoms with Gasteiger partial charge < -0.3 is 14.9 Å². The summed E-state index contributed by atoms with van der Waals surface area (Å²) in [5.74, 6) is -0.434. The van der Waals surface area contributed by atoms with Crippen LogP contribution in [0, 0.1) is 5.82 Å². The van der Waals surface area contributed by atoms with Gasteiger partial charge >= 0.3 is 0 Å². The van der Waals surface area contributed by atoms with E-state index in [0.29, 0.717) is 17.3 Å². The highest BCUT2D eigenvalue weighted by molar-refractivity contribution is 9.09. The predicted octanol–water partition coefficient (Wildman–Crippen LogP) is 2.01. The summed E-state index contributed by atoms with van der Waals surface area (Å²) < 4.78 is 17.9. The molecule has 0 radical (unpaired) electrons. The summed E-state index contributed by atoms with van der Waals surface area (Å²) in [7, 11) is 1.35. The Balaban J connectivity index is 2.87. The van der Waals surface area contributed by atoms with E-state index >= 15 is 0 Å². The third kappa shape index (κ3) is 3.17. The molecule has 0 aliphatic rings. The van der Waals surface area contributed by atoms with Crippen LogP contribution in [0.3, 0.4) is 0 Å². The number of hydrogen-bond donors (Lipinski definition) is 2. The zero-order chi connectivity index (χ0) is 12.1. The number of rotatable bonds is 5. The molecule has 0 aromatic heterocycles. The van der Waals surface area contributed by atoms with Gasteiger partial charge in [-0.15, -0.1) is 0 Å². The molecule has 0 amide bonds. The van der Waals surface area contributed by atoms with Gasteiger partial charge in [-0.2, -0.15) is 0 Å². The summed E-state index contributed by atoms with van der Waals surface area (Å²) in [6.45, 7) is 0. The van der Waals surface area contributed by atoms with E-state index in [1.54, 1.807) is 0 Å². The first-order valence-electron chi connectivity index (χ1n) is 4.85. The highest BCUT2D eigenvalue weighted by Crippen LogP contribution is 2.25. The number of alkyl halides is 1. The Morgan fingerprint density at radius 3 is 2.69 bits per heavy atom. The van der Waals surface area contributed by atoms with Crippen LogP contribution in [-0.4, -0.2) is 28.8 Å². The van der Waals surface area contributed by atoms with Gasteiger partial charge in [0, 0.05) is 5.33 Å². The van der Waals surface area contributed by atoms with Gasteiger partial charge in [-0.1, -0.05) is 22.0 Å². The molecule has 5 heteroatoms. The fraction of sp³-hybridized carbons (Fsp3) is 0.455. The zero-order valence-corrected chi connectivity index (χ0v) is 10.4. The summed E-state index contributed by atoms with van der Waals surface area (Å²) in [5, 5.41) is 20.0. The molecule has 16 heavy (non-hydrogen) atoms. The van der Waals surface area contributed by atoms with E-state index in [1.165, 1.54) is 25.3 Å². The topological polar surface area (TPSA) is 49.7 Å². The van der Waals surface area contributed by atoms with E-state index in [4.69, 9.17) is 4.74 Å². The monoisotopic (exact) mass is 292 g/mol. The van der Waals surface area contributed by atoms with E-state index < -0.39 is 18.0 Å². The lowest BCUT2D eigenvalue weighted by atomic mass is 10.0. The van der Waals surface area contributed by atoms with Crippen LogP contribution in [0.15, 0.2) is 18.2 Å². The van der Waals surface area contributed by atoms with Crippen molar-refractivity contribution < 1.29 is 19.3 Å². The zero-order valence-electron chi connectivity index (χ0n) is 8.86. The van der Waals surface area contributed by atoms with Crippen molar-refractivity contribution in [2.45, 2.75) is 18.6 Å². The van der Waals surface area contributed by atoms with E-state index in [-0.39, 0.29) is 5.75 Å². The molecule has 0 fully saturated rings. The number of methoxy groups -OCH3 is 1. The third-order valence-electron chi connectivity index (χ3n) is 2.29. The molecule has 1 aromatic rings. The number of halogens is 2. The van der Waals surface area contributed by atoms with Gasteiger partial charge in [-0.05, 0) is 24.1 Å². The maximum atomic E-state index is 13.1.